The van der Waals surface area contributed by atoms with E-state index in [1.807, 2.05) is 6.08 Å². The number of Topliss-reactive ketones (excluding diaryl/α,β-unsaturated/α-hetero) is 1. The number of rotatable bonds is 2. The van der Waals surface area contributed by atoms with Crippen LogP contribution in [0.25, 0.3) is 0 Å². The molecule has 0 aromatic carbocycles. The Morgan fingerprint density at radius 3 is 2.50 bits per heavy atom. The van der Waals surface area contributed by atoms with Gasteiger partial charge in [-0.3, -0.25) is 4.79 Å². The first-order valence-corrected chi connectivity index (χ1v) is 6.19. The molecule has 0 heterocycles. The van der Waals surface area contributed by atoms with Gasteiger partial charge in [0.05, 0.1) is 0 Å². The first kappa shape index (κ1) is 11.7. The van der Waals surface area contributed by atoms with Gasteiger partial charge in [0, 0.05) is 18.8 Å². The van der Waals surface area contributed by atoms with E-state index in [1.165, 1.54) is 0 Å². The van der Waals surface area contributed by atoms with Gasteiger partial charge in [-0.25, -0.2) is 8.78 Å². The highest BCUT2D eigenvalue weighted by atomic mass is 19.3. The second-order valence-corrected chi connectivity index (χ2v) is 4.97. The first-order valence-electron chi connectivity index (χ1n) is 6.19. The van der Waals surface area contributed by atoms with Gasteiger partial charge < -0.3 is 0 Å². The lowest BCUT2D eigenvalue weighted by atomic mass is 9.80. The van der Waals surface area contributed by atoms with Gasteiger partial charge in [0.2, 0.25) is 5.92 Å². The minimum Gasteiger partial charge on any atom is -0.294 e. The Bertz CT molecular complexity index is 297. The molecule has 0 bridgehead atoms. The van der Waals surface area contributed by atoms with E-state index in [2.05, 4.69) is 0 Å². The Kier molecular flexibility index (Phi) is 3.41. The van der Waals surface area contributed by atoms with Crippen LogP contribution in [0, 0.1) is 5.92 Å². The van der Waals surface area contributed by atoms with Crippen LogP contribution in [-0.4, -0.2) is 11.7 Å². The average molecular weight is 228 g/mol. The summed E-state index contributed by atoms with van der Waals surface area (Å²) in [4.78, 5) is 12.1. The van der Waals surface area contributed by atoms with Crippen LogP contribution < -0.4 is 0 Å². The zero-order valence-corrected chi connectivity index (χ0v) is 9.48. The molecule has 2 rings (SSSR count). The Balaban J connectivity index is 1.93. The van der Waals surface area contributed by atoms with Crippen LogP contribution in [0.15, 0.2) is 11.6 Å². The normalized spacial score (nSPS) is 26.2. The van der Waals surface area contributed by atoms with Crippen molar-refractivity contribution >= 4 is 5.78 Å². The van der Waals surface area contributed by atoms with Gasteiger partial charge in [-0.1, -0.05) is 6.08 Å². The summed E-state index contributed by atoms with van der Waals surface area (Å²) < 4.78 is 25.9. The molecule has 0 amide bonds. The summed E-state index contributed by atoms with van der Waals surface area (Å²) in [6.07, 6.45) is 6.56. The highest BCUT2D eigenvalue weighted by Gasteiger charge is 2.37. The summed E-state index contributed by atoms with van der Waals surface area (Å²) in [6, 6.07) is 0. The molecule has 90 valence electrons. The zero-order valence-electron chi connectivity index (χ0n) is 9.48. The minimum absolute atomic E-state index is 0.114. The third kappa shape index (κ3) is 2.69. The largest absolute Gasteiger partial charge is 0.294 e. The molecule has 0 radical (unpaired) electrons. The fraction of sp³-hybridized carbons (Fsp3) is 0.769. The van der Waals surface area contributed by atoms with E-state index in [9.17, 15) is 13.6 Å². The van der Waals surface area contributed by atoms with Crippen LogP contribution in [0.4, 0.5) is 8.78 Å². The standard InChI is InChI=1S/C13H18F2O/c14-13(15)8-6-11(7-9-13)12(16)10-4-2-1-3-5-10/h4,11H,1-3,5-9H2. The topological polar surface area (TPSA) is 17.1 Å². The second kappa shape index (κ2) is 4.64. The highest BCUT2D eigenvalue weighted by Crippen LogP contribution is 2.38. The van der Waals surface area contributed by atoms with Crippen molar-refractivity contribution in [2.24, 2.45) is 5.92 Å². The molecule has 0 saturated heterocycles. The van der Waals surface area contributed by atoms with E-state index in [0.29, 0.717) is 12.8 Å². The van der Waals surface area contributed by atoms with Crippen LogP contribution in [0.1, 0.15) is 51.4 Å². The summed E-state index contributed by atoms with van der Waals surface area (Å²) in [6.45, 7) is 0. The molecular formula is C13H18F2O. The zero-order chi connectivity index (χ0) is 11.6. The van der Waals surface area contributed by atoms with Crippen LogP contribution in [-0.2, 0) is 4.79 Å². The van der Waals surface area contributed by atoms with Gasteiger partial charge in [-0.15, -0.1) is 0 Å². The van der Waals surface area contributed by atoms with Gasteiger partial charge in [0.15, 0.2) is 5.78 Å². The molecule has 3 heteroatoms. The summed E-state index contributed by atoms with van der Waals surface area (Å²) in [7, 11) is 0. The van der Waals surface area contributed by atoms with Gasteiger partial charge in [0.1, 0.15) is 0 Å². The predicted molar refractivity (Wildman–Crippen MR) is 58.5 cm³/mol. The average Bonchev–Trinajstić information content (AvgIpc) is 2.29. The van der Waals surface area contributed by atoms with Crippen molar-refractivity contribution < 1.29 is 13.6 Å². The molecule has 0 unspecified atom stereocenters. The van der Waals surface area contributed by atoms with Crippen molar-refractivity contribution in [1.29, 1.82) is 0 Å². The lowest BCUT2D eigenvalue weighted by Gasteiger charge is -2.28. The maximum absolute atomic E-state index is 13.0. The molecule has 0 spiro atoms. The van der Waals surface area contributed by atoms with Gasteiger partial charge in [0.25, 0.3) is 0 Å². The van der Waals surface area contributed by atoms with E-state index < -0.39 is 5.92 Å². The van der Waals surface area contributed by atoms with Crippen molar-refractivity contribution in [2.45, 2.75) is 57.3 Å². The third-order valence-electron chi connectivity index (χ3n) is 3.70. The van der Waals surface area contributed by atoms with Crippen LogP contribution >= 0.6 is 0 Å². The molecule has 1 fully saturated rings. The van der Waals surface area contributed by atoms with Crippen molar-refractivity contribution in [3.63, 3.8) is 0 Å². The van der Waals surface area contributed by atoms with E-state index in [-0.39, 0.29) is 24.5 Å². The van der Waals surface area contributed by atoms with Gasteiger partial charge >= 0.3 is 0 Å². The summed E-state index contributed by atoms with van der Waals surface area (Å²) in [5.41, 5.74) is 0.904. The molecule has 1 saturated carbocycles. The van der Waals surface area contributed by atoms with E-state index >= 15 is 0 Å². The van der Waals surface area contributed by atoms with Crippen LogP contribution in [0.2, 0.25) is 0 Å². The molecular weight excluding hydrogens is 210 g/mol. The van der Waals surface area contributed by atoms with Gasteiger partial charge in [-0.05, 0) is 44.1 Å². The lowest BCUT2D eigenvalue weighted by Crippen LogP contribution is -2.29. The first-order chi connectivity index (χ1) is 7.58. The fourth-order valence-electron chi connectivity index (χ4n) is 2.63. The number of allylic oxidation sites excluding steroid dienone is 2. The number of hydrogen-bond donors (Lipinski definition) is 0. The Morgan fingerprint density at radius 1 is 1.25 bits per heavy atom. The van der Waals surface area contributed by atoms with E-state index in [1.54, 1.807) is 0 Å². The summed E-state index contributed by atoms with van der Waals surface area (Å²) in [5, 5.41) is 0. The van der Waals surface area contributed by atoms with Crippen molar-refractivity contribution in [2.75, 3.05) is 0 Å². The fourth-order valence-corrected chi connectivity index (χ4v) is 2.63. The van der Waals surface area contributed by atoms with Crippen molar-refractivity contribution in [3.8, 4) is 0 Å². The Labute approximate surface area is 94.9 Å². The lowest BCUT2D eigenvalue weighted by molar-refractivity contribution is -0.123. The van der Waals surface area contributed by atoms with Crippen molar-refractivity contribution in [3.05, 3.63) is 11.6 Å². The van der Waals surface area contributed by atoms with E-state index in [4.69, 9.17) is 0 Å². The molecule has 0 aromatic heterocycles. The molecule has 2 aliphatic carbocycles. The molecule has 0 N–H and O–H groups in total. The predicted octanol–water partition coefficient (Wildman–Crippen LogP) is 3.88. The van der Waals surface area contributed by atoms with E-state index in [0.717, 1.165) is 31.3 Å². The maximum Gasteiger partial charge on any atom is 0.248 e. The Hall–Kier alpha value is -0.730. The minimum atomic E-state index is -2.53. The molecule has 1 nitrogen and oxygen atoms in total. The number of alkyl halides is 2. The number of carbonyl (C=O) groups is 1. The molecule has 0 atom stereocenters. The van der Waals surface area contributed by atoms with Crippen molar-refractivity contribution in [1.82, 2.24) is 0 Å². The highest BCUT2D eigenvalue weighted by molar-refractivity contribution is 5.97. The SMILES string of the molecule is O=C(C1=CCCCC1)C1CCC(F)(F)CC1. The number of ketones is 1. The Morgan fingerprint density at radius 2 is 1.94 bits per heavy atom. The van der Waals surface area contributed by atoms with Crippen LogP contribution in [0.3, 0.4) is 0 Å². The summed E-state index contributed by atoms with van der Waals surface area (Å²) >= 11 is 0. The van der Waals surface area contributed by atoms with Crippen LogP contribution in [0.5, 0.6) is 0 Å². The molecule has 2 aliphatic rings. The maximum atomic E-state index is 13.0. The van der Waals surface area contributed by atoms with Gasteiger partial charge in [-0.2, -0.15) is 0 Å². The second-order valence-electron chi connectivity index (χ2n) is 4.97. The smallest absolute Gasteiger partial charge is 0.248 e. The summed E-state index contributed by atoms with van der Waals surface area (Å²) in [5.74, 6) is -2.52. The number of halogens is 2. The monoisotopic (exact) mass is 228 g/mol. The third-order valence-corrected chi connectivity index (χ3v) is 3.70. The molecule has 16 heavy (non-hydrogen) atoms. The number of carbonyl (C=O) groups excluding carboxylic acids is 1. The number of hydrogen-bond acceptors (Lipinski definition) is 1. The quantitative estimate of drug-likeness (QED) is 0.701. The molecule has 0 aliphatic heterocycles. The molecule has 0 aromatic rings.